The molecule has 68 heavy (non-hydrogen) atoms. The zero-order valence-electron chi connectivity index (χ0n) is 43.6. The summed E-state index contributed by atoms with van der Waals surface area (Å²) in [5, 5.41) is 0. The summed E-state index contributed by atoms with van der Waals surface area (Å²) in [6.07, 6.45) is 77.3. The lowest BCUT2D eigenvalue weighted by atomic mass is 10.1. The van der Waals surface area contributed by atoms with Crippen LogP contribution in [0.4, 0.5) is 0 Å². The number of rotatable bonds is 47. The Hall–Kier alpha value is -4.45. The molecule has 0 aromatic rings. The van der Waals surface area contributed by atoms with Crippen LogP contribution >= 0.6 is 0 Å². The maximum Gasteiger partial charge on any atom is 0.306 e. The minimum atomic E-state index is -0.833. The van der Waals surface area contributed by atoms with Gasteiger partial charge in [0.2, 0.25) is 0 Å². The maximum absolute atomic E-state index is 12.8. The number of esters is 3. The molecule has 0 aromatic heterocycles. The molecule has 6 heteroatoms. The van der Waals surface area contributed by atoms with Crippen LogP contribution in [0.15, 0.2) is 134 Å². The number of carbonyl (C=O) groups excluding carboxylic acids is 3. The van der Waals surface area contributed by atoms with Gasteiger partial charge in [-0.15, -0.1) is 0 Å². The number of hydrogen-bond acceptors (Lipinski definition) is 6. The van der Waals surface area contributed by atoms with Gasteiger partial charge in [0.25, 0.3) is 0 Å². The Balaban J connectivity index is 4.58. The standard InChI is InChI=1S/C62H98O6/c1-4-7-10-13-16-19-22-25-27-29-31-33-35-37-40-43-46-49-52-55-61(64)67-58-59(57-66-60(63)54-51-48-45-42-39-24-21-18-15-12-9-6-3)68-62(65)56-53-50-47-44-41-38-36-34-32-30-28-26-23-20-17-14-11-8-5-2/h7,10,16-21,25-28,31-34,37-38,40-41,46,49,59H,4-6,8-9,11-15,22-24,29-30,35-36,39,42-45,47-48,50-58H2,1-3H3/b10-7-,19-16-,20-17-,21-18-,27-25-,28-26-,33-31-,34-32-,40-37-,41-38-,49-46-/t59-/m1/s1. The molecule has 0 spiro atoms. The molecule has 0 aliphatic carbocycles. The molecule has 0 fully saturated rings. The SMILES string of the molecule is CC/C=C\C/C=C\C/C=C\C/C=C\C/C=C\C/C=C\CCC(=O)OC[C@@H](COC(=O)CCCCCCC/C=C\CCCCC)OC(=O)CCCCC/C=C\C/C=C\C/C=C\C/C=C\CCCCC. The highest BCUT2D eigenvalue weighted by atomic mass is 16.6. The molecular weight excluding hydrogens is 841 g/mol. The van der Waals surface area contributed by atoms with Crippen LogP contribution in [0.1, 0.15) is 220 Å². The van der Waals surface area contributed by atoms with Crippen LogP contribution in [-0.2, 0) is 28.6 Å². The fourth-order valence-corrected chi connectivity index (χ4v) is 6.80. The fourth-order valence-electron chi connectivity index (χ4n) is 6.80. The van der Waals surface area contributed by atoms with E-state index in [-0.39, 0.29) is 44.0 Å². The van der Waals surface area contributed by atoms with E-state index in [1.165, 1.54) is 57.8 Å². The second-order valence-electron chi connectivity index (χ2n) is 17.4. The summed E-state index contributed by atoms with van der Waals surface area (Å²) in [6.45, 7) is 6.35. The third-order valence-electron chi connectivity index (χ3n) is 10.9. The second kappa shape index (κ2) is 55.1. The van der Waals surface area contributed by atoms with Crippen LogP contribution < -0.4 is 0 Å². The van der Waals surface area contributed by atoms with Crippen molar-refractivity contribution in [1.82, 2.24) is 0 Å². The summed E-state index contributed by atoms with van der Waals surface area (Å²) in [5.41, 5.74) is 0. The monoisotopic (exact) mass is 939 g/mol. The fraction of sp³-hybridized carbons (Fsp3) is 0.597. The second-order valence-corrected chi connectivity index (χ2v) is 17.4. The van der Waals surface area contributed by atoms with Gasteiger partial charge < -0.3 is 14.2 Å². The van der Waals surface area contributed by atoms with E-state index in [2.05, 4.69) is 142 Å². The van der Waals surface area contributed by atoms with E-state index in [1.807, 2.05) is 12.2 Å². The molecule has 0 heterocycles. The van der Waals surface area contributed by atoms with Gasteiger partial charge in [-0.25, -0.2) is 0 Å². The Bertz CT molecular complexity index is 1500. The summed E-state index contributed by atoms with van der Waals surface area (Å²) >= 11 is 0. The first-order chi connectivity index (χ1) is 33.5. The van der Waals surface area contributed by atoms with Gasteiger partial charge in [0, 0.05) is 19.3 Å². The average molecular weight is 939 g/mol. The third kappa shape index (κ3) is 52.5. The van der Waals surface area contributed by atoms with E-state index in [0.29, 0.717) is 19.3 Å². The van der Waals surface area contributed by atoms with Gasteiger partial charge in [-0.1, -0.05) is 206 Å². The molecule has 0 saturated carbocycles. The molecule has 0 unspecified atom stereocenters. The van der Waals surface area contributed by atoms with Gasteiger partial charge in [-0.2, -0.15) is 0 Å². The van der Waals surface area contributed by atoms with Crippen molar-refractivity contribution in [3.05, 3.63) is 134 Å². The van der Waals surface area contributed by atoms with Gasteiger partial charge >= 0.3 is 17.9 Å². The van der Waals surface area contributed by atoms with E-state index in [9.17, 15) is 14.4 Å². The molecule has 0 rings (SSSR count). The van der Waals surface area contributed by atoms with Crippen molar-refractivity contribution in [3.8, 4) is 0 Å². The molecule has 0 radical (unpaired) electrons. The van der Waals surface area contributed by atoms with E-state index < -0.39 is 6.10 Å². The Morgan fingerprint density at radius 1 is 0.309 bits per heavy atom. The lowest BCUT2D eigenvalue weighted by Gasteiger charge is -2.18. The molecule has 1 atom stereocenters. The van der Waals surface area contributed by atoms with Crippen LogP contribution in [0.5, 0.6) is 0 Å². The van der Waals surface area contributed by atoms with E-state index in [0.717, 1.165) is 109 Å². The summed E-state index contributed by atoms with van der Waals surface area (Å²) in [5.74, 6) is -1.06. The van der Waals surface area contributed by atoms with E-state index in [1.54, 1.807) is 0 Å². The lowest BCUT2D eigenvalue weighted by Crippen LogP contribution is -2.30. The summed E-state index contributed by atoms with van der Waals surface area (Å²) in [7, 11) is 0. The molecule has 0 N–H and O–H groups in total. The normalized spacial score (nSPS) is 13.2. The molecule has 0 aromatic carbocycles. The summed E-state index contributed by atoms with van der Waals surface area (Å²) in [6, 6.07) is 0. The van der Waals surface area contributed by atoms with Crippen molar-refractivity contribution in [3.63, 3.8) is 0 Å². The first-order valence-electron chi connectivity index (χ1n) is 27.2. The molecular formula is C62H98O6. The van der Waals surface area contributed by atoms with Gasteiger partial charge in [-0.3, -0.25) is 14.4 Å². The Morgan fingerprint density at radius 3 is 1.01 bits per heavy atom. The van der Waals surface area contributed by atoms with Crippen molar-refractivity contribution in [2.75, 3.05) is 13.2 Å². The number of carbonyl (C=O) groups is 3. The van der Waals surface area contributed by atoms with Crippen molar-refractivity contribution in [2.45, 2.75) is 226 Å². The molecule has 0 aliphatic rings. The van der Waals surface area contributed by atoms with Crippen molar-refractivity contribution in [1.29, 1.82) is 0 Å². The highest BCUT2D eigenvalue weighted by Crippen LogP contribution is 2.12. The van der Waals surface area contributed by atoms with E-state index >= 15 is 0 Å². The van der Waals surface area contributed by atoms with Gasteiger partial charge in [0.1, 0.15) is 13.2 Å². The lowest BCUT2D eigenvalue weighted by molar-refractivity contribution is -0.166. The minimum absolute atomic E-state index is 0.123. The van der Waals surface area contributed by atoms with Crippen LogP contribution in [0.25, 0.3) is 0 Å². The molecule has 6 nitrogen and oxygen atoms in total. The third-order valence-corrected chi connectivity index (χ3v) is 10.9. The first kappa shape index (κ1) is 63.5. The summed E-state index contributed by atoms with van der Waals surface area (Å²) in [4.78, 5) is 38.0. The van der Waals surface area contributed by atoms with E-state index in [4.69, 9.17) is 14.2 Å². The highest BCUT2D eigenvalue weighted by Gasteiger charge is 2.19. The van der Waals surface area contributed by atoms with Crippen molar-refractivity contribution >= 4 is 17.9 Å². The number of hydrogen-bond donors (Lipinski definition) is 0. The first-order valence-corrected chi connectivity index (χ1v) is 27.2. The molecule has 0 bridgehead atoms. The van der Waals surface area contributed by atoms with Crippen molar-refractivity contribution in [2.24, 2.45) is 0 Å². The smallest absolute Gasteiger partial charge is 0.306 e. The van der Waals surface area contributed by atoms with Crippen LogP contribution in [0.3, 0.4) is 0 Å². The Morgan fingerprint density at radius 2 is 0.603 bits per heavy atom. The van der Waals surface area contributed by atoms with Crippen LogP contribution in [-0.4, -0.2) is 37.2 Å². The summed E-state index contributed by atoms with van der Waals surface area (Å²) < 4.78 is 16.7. The molecule has 0 aliphatic heterocycles. The zero-order valence-corrected chi connectivity index (χ0v) is 43.6. The van der Waals surface area contributed by atoms with Gasteiger partial charge in [0.15, 0.2) is 6.10 Å². The maximum atomic E-state index is 12.8. The van der Waals surface area contributed by atoms with Crippen LogP contribution in [0.2, 0.25) is 0 Å². The largest absolute Gasteiger partial charge is 0.462 e. The molecule has 0 amide bonds. The Labute approximate surface area is 417 Å². The van der Waals surface area contributed by atoms with Crippen molar-refractivity contribution < 1.29 is 28.6 Å². The topological polar surface area (TPSA) is 78.9 Å². The quantitative estimate of drug-likeness (QED) is 0.0262. The minimum Gasteiger partial charge on any atom is -0.462 e. The van der Waals surface area contributed by atoms with Gasteiger partial charge in [-0.05, 0) is 128 Å². The zero-order chi connectivity index (χ0) is 49.3. The van der Waals surface area contributed by atoms with Crippen LogP contribution in [0, 0.1) is 0 Å². The molecule has 382 valence electrons. The Kier molecular flexibility index (Phi) is 51.5. The molecule has 0 saturated heterocycles. The predicted octanol–water partition coefficient (Wildman–Crippen LogP) is 18.3. The highest BCUT2D eigenvalue weighted by molar-refractivity contribution is 5.71. The predicted molar refractivity (Wildman–Crippen MR) is 292 cm³/mol. The number of ether oxygens (including phenoxy) is 3. The van der Waals surface area contributed by atoms with Gasteiger partial charge in [0.05, 0.1) is 0 Å². The number of allylic oxidation sites excluding steroid dienone is 22. The number of unbranched alkanes of at least 4 members (excludes halogenated alkanes) is 14. The average Bonchev–Trinajstić information content (AvgIpc) is 3.34.